The Hall–Kier alpha value is -1.41. The van der Waals surface area contributed by atoms with Crippen molar-refractivity contribution in [2.75, 3.05) is 18.8 Å². The van der Waals surface area contributed by atoms with Crippen LogP contribution in [0.4, 0.5) is 0 Å². The molecule has 2 aromatic rings. The molecule has 0 saturated carbocycles. The fourth-order valence-corrected chi connectivity index (χ4v) is 4.23. The van der Waals surface area contributed by atoms with Gasteiger partial charge in [-0.25, -0.2) is 4.98 Å². The summed E-state index contributed by atoms with van der Waals surface area (Å²) in [5.41, 5.74) is 0.895. The van der Waals surface area contributed by atoms with E-state index < -0.39 is 0 Å². The second kappa shape index (κ2) is 7.00. The number of hydrogen-bond donors (Lipinski definition) is 0. The summed E-state index contributed by atoms with van der Waals surface area (Å²) >= 11 is 2.84. The van der Waals surface area contributed by atoms with Gasteiger partial charge < -0.3 is 9.32 Å². The number of carbonyl (C=O) groups excluding carboxylic acids is 1. The second-order valence-corrected chi connectivity index (χ2v) is 8.03. The zero-order valence-corrected chi connectivity index (χ0v) is 15.2. The van der Waals surface area contributed by atoms with Gasteiger partial charge in [0, 0.05) is 13.1 Å². The summed E-state index contributed by atoms with van der Waals surface area (Å²) in [5, 5.41) is 9.51. The van der Waals surface area contributed by atoms with Crippen molar-refractivity contribution in [3.05, 3.63) is 10.7 Å². The van der Waals surface area contributed by atoms with Crippen molar-refractivity contribution in [2.45, 2.75) is 38.8 Å². The summed E-state index contributed by atoms with van der Waals surface area (Å²) in [6.45, 7) is 7.78. The maximum atomic E-state index is 12.3. The molecule has 2 aromatic heterocycles. The third-order valence-corrected chi connectivity index (χ3v) is 5.70. The van der Waals surface area contributed by atoms with E-state index in [1.165, 1.54) is 29.5 Å². The highest BCUT2D eigenvalue weighted by Gasteiger charge is 2.22. The predicted molar refractivity (Wildman–Crippen MR) is 90.6 cm³/mol. The highest BCUT2D eigenvalue weighted by Crippen LogP contribution is 2.30. The van der Waals surface area contributed by atoms with E-state index in [1.807, 2.05) is 18.7 Å². The van der Waals surface area contributed by atoms with E-state index in [0.717, 1.165) is 35.1 Å². The molecule has 0 aromatic carbocycles. The quantitative estimate of drug-likeness (QED) is 0.787. The number of hydrogen-bond acceptors (Lipinski definition) is 7. The standard InChI is InChI=1S/C15H20N4O2S2/c1-9-5-4-6-19(7-9)12(20)8-22-15-18-17-14(21-15)13-10(2)16-11(3)23-13/h9H,4-8H2,1-3H3. The van der Waals surface area contributed by atoms with Crippen LogP contribution in [0.3, 0.4) is 0 Å². The van der Waals surface area contributed by atoms with E-state index in [4.69, 9.17) is 4.42 Å². The molecule has 124 valence electrons. The topological polar surface area (TPSA) is 72.1 Å². The van der Waals surface area contributed by atoms with Crippen LogP contribution in [0.25, 0.3) is 10.8 Å². The van der Waals surface area contributed by atoms with Crippen molar-refractivity contribution in [3.63, 3.8) is 0 Å². The molecule has 1 atom stereocenters. The van der Waals surface area contributed by atoms with Gasteiger partial charge in [-0.05, 0) is 32.6 Å². The number of piperidine rings is 1. The van der Waals surface area contributed by atoms with Crippen LogP contribution < -0.4 is 0 Å². The van der Waals surface area contributed by atoms with Crippen molar-refractivity contribution in [1.82, 2.24) is 20.1 Å². The molecule has 3 rings (SSSR count). The van der Waals surface area contributed by atoms with Crippen LogP contribution in [0.2, 0.25) is 0 Å². The monoisotopic (exact) mass is 352 g/mol. The zero-order valence-electron chi connectivity index (χ0n) is 13.5. The molecule has 8 heteroatoms. The van der Waals surface area contributed by atoms with E-state index in [1.54, 1.807) is 0 Å². The summed E-state index contributed by atoms with van der Waals surface area (Å²) in [7, 11) is 0. The molecule has 6 nitrogen and oxygen atoms in total. The van der Waals surface area contributed by atoms with E-state index >= 15 is 0 Å². The SMILES string of the molecule is Cc1nc(C)c(-c2nnc(SCC(=O)N3CCCC(C)C3)o2)s1. The van der Waals surface area contributed by atoms with Gasteiger partial charge in [0.25, 0.3) is 11.1 Å². The highest BCUT2D eigenvalue weighted by atomic mass is 32.2. The van der Waals surface area contributed by atoms with Gasteiger partial charge in [0.05, 0.1) is 16.5 Å². The van der Waals surface area contributed by atoms with Crippen LogP contribution >= 0.6 is 23.1 Å². The third kappa shape index (κ3) is 3.92. The Labute approximate surface area is 143 Å². The van der Waals surface area contributed by atoms with E-state index in [0.29, 0.717) is 22.8 Å². The van der Waals surface area contributed by atoms with Gasteiger partial charge in [-0.15, -0.1) is 21.5 Å². The molecule has 0 radical (unpaired) electrons. The summed E-state index contributed by atoms with van der Waals surface area (Å²) < 4.78 is 5.66. The Bertz CT molecular complexity index is 697. The minimum absolute atomic E-state index is 0.145. The number of amides is 1. The average molecular weight is 352 g/mol. The third-order valence-electron chi connectivity index (χ3n) is 3.83. The molecule has 3 heterocycles. The Morgan fingerprint density at radius 2 is 2.26 bits per heavy atom. The highest BCUT2D eigenvalue weighted by molar-refractivity contribution is 7.99. The normalized spacial score (nSPS) is 18.4. The number of nitrogens with zero attached hydrogens (tertiary/aromatic N) is 4. The first-order valence-electron chi connectivity index (χ1n) is 7.71. The molecule has 0 spiro atoms. The van der Waals surface area contributed by atoms with Crippen molar-refractivity contribution in [2.24, 2.45) is 5.92 Å². The molecule has 1 aliphatic heterocycles. The number of thioether (sulfide) groups is 1. The van der Waals surface area contributed by atoms with Crippen LogP contribution in [0.1, 0.15) is 30.5 Å². The maximum absolute atomic E-state index is 12.3. The van der Waals surface area contributed by atoms with Crippen molar-refractivity contribution in [3.8, 4) is 10.8 Å². The van der Waals surface area contributed by atoms with Crippen LogP contribution in [0.5, 0.6) is 0 Å². The summed E-state index contributed by atoms with van der Waals surface area (Å²) in [6, 6.07) is 0. The molecular weight excluding hydrogens is 332 g/mol. The smallest absolute Gasteiger partial charge is 0.277 e. The summed E-state index contributed by atoms with van der Waals surface area (Å²) in [4.78, 5) is 19.5. The fraction of sp³-hybridized carbons (Fsp3) is 0.600. The number of thiazole rings is 1. The fourth-order valence-electron chi connectivity index (χ4n) is 2.72. The van der Waals surface area contributed by atoms with Crippen LogP contribution in [0.15, 0.2) is 9.64 Å². The molecule has 0 aliphatic carbocycles. The molecule has 1 fully saturated rings. The molecule has 0 N–H and O–H groups in total. The maximum Gasteiger partial charge on any atom is 0.277 e. The minimum Gasteiger partial charge on any atom is -0.410 e. The van der Waals surface area contributed by atoms with Gasteiger partial charge >= 0.3 is 0 Å². The predicted octanol–water partition coefficient (Wildman–Crippen LogP) is 3.16. The van der Waals surface area contributed by atoms with Crippen LogP contribution in [0, 0.1) is 19.8 Å². The lowest BCUT2D eigenvalue weighted by Crippen LogP contribution is -2.40. The van der Waals surface area contributed by atoms with Gasteiger partial charge in [0.15, 0.2) is 0 Å². The van der Waals surface area contributed by atoms with Gasteiger partial charge in [-0.2, -0.15) is 0 Å². The number of likely N-dealkylation sites (tertiary alicyclic amines) is 1. The number of aromatic nitrogens is 3. The lowest BCUT2D eigenvalue weighted by molar-refractivity contribution is -0.130. The number of rotatable bonds is 4. The number of carbonyl (C=O) groups is 1. The van der Waals surface area contributed by atoms with Crippen LogP contribution in [-0.4, -0.2) is 44.8 Å². The summed E-state index contributed by atoms with van der Waals surface area (Å²) in [6.07, 6.45) is 2.30. The Balaban J connectivity index is 1.59. The van der Waals surface area contributed by atoms with E-state index in [-0.39, 0.29) is 5.91 Å². The van der Waals surface area contributed by atoms with Crippen molar-refractivity contribution < 1.29 is 9.21 Å². The molecular formula is C15H20N4O2S2. The average Bonchev–Trinajstić information content (AvgIpc) is 3.11. The molecule has 1 unspecified atom stereocenters. The molecule has 0 bridgehead atoms. The molecule has 1 saturated heterocycles. The first-order chi connectivity index (χ1) is 11.0. The Morgan fingerprint density at radius 3 is 2.96 bits per heavy atom. The zero-order chi connectivity index (χ0) is 16.4. The van der Waals surface area contributed by atoms with E-state index in [2.05, 4.69) is 22.1 Å². The molecule has 1 amide bonds. The first kappa shape index (κ1) is 16.4. The minimum atomic E-state index is 0.145. The largest absolute Gasteiger partial charge is 0.410 e. The van der Waals surface area contributed by atoms with Gasteiger partial charge in [-0.3, -0.25) is 4.79 Å². The lowest BCUT2D eigenvalue weighted by atomic mass is 10.0. The van der Waals surface area contributed by atoms with E-state index in [9.17, 15) is 4.79 Å². The first-order valence-corrected chi connectivity index (χ1v) is 9.51. The van der Waals surface area contributed by atoms with Gasteiger partial charge in [0.2, 0.25) is 5.91 Å². The van der Waals surface area contributed by atoms with Crippen LogP contribution in [-0.2, 0) is 4.79 Å². The summed E-state index contributed by atoms with van der Waals surface area (Å²) in [5.74, 6) is 1.56. The van der Waals surface area contributed by atoms with Gasteiger partial charge in [0.1, 0.15) is 4.88 Å². The van der Waals surface area contributed by atoms with Crippen molar-refractivity contribution >= 4 is 29.0 Å². The molecule has 1 aliphatic rings. The Morgan fingerprint density at radius 1 is 1.43 bits per heavy atom. The second-order valence-electron chi connectivity index (χ2n) is 5.90. The van der Waals surface area contributed by atoms with Gasteiger partial charge in [-0.1, -0.05) is 18.7 Å². The number of aryl methyl sites for hydroxylation is 2. The lowest BCUT2D eigenvalue weighted by Gasteiger charge is -2.30. The molecule has 23 heavy (non-hydrogen) atoms. The van der Waals surface area contributed by atoms with Crippen molar-refractivity contribution in [1.29, 1.82) is 0 Å². The Kier molecular flexibility index (Phi) is 5.01.